The highest BCUT2D eigenvalue weighted by Gasteiger charge is 2.20. The Bertz CT molecular complexity index is 619. The zero-order chi connectivity index (χ0) is 14.7. The van der Waals surface area contributed by atoms with E-state index in [4.69, 9.17) is 9.47 Å². The number of nitrogens with zero attached hydrogens (tertiary/aromatic N) is 1. The third-order valence-electron chi connectivity index (χ3n) is 2.83. The minimum Gasteiger partial charge on any atom is -0.497 e. The molecule has 1 aromatic carbocycles. The molecule has 1 aromatic heterocycles. The highest BCUT2D eigenvalue weighted by molar-refractivity contribution is 9.11. The standard InChI is InChI=1S/C14H13Br2NO3/c1-19-9-3-4-10(12(6-9)20-2)14(18)13-11(16)5-8(15)7-17-13/h3-7,14,18H,1-2H3. The van der Waals surface area contributed by atoms with Gasteiger partial charge in [0.1, 0.15) is 17.6 Å². The molecule has 0 aliphatic carbocycles. The van der Waals surface area contributed by atoms with Gasteiger partial charge in [-0.1, -0.05) is 0 Å². The van der Waals surface area contributed by atoms with Gasteiger partial charge in [0.05, 0.1) is 19.9 Å². The summed E-state index contributed by atoms with van der Waals surface area (Å²) in [7, 11) is 3.13. The van der Waals surface area contributed by atoms with Crippen LogP contribution in [0.5, 0.6) is 11.5 Å². The van der Waals surface area contributed by atoms with Crippen molar-refractivity contribution in [1.29, 1.82) is 0 Å². The number of rotatable bonds is 4. The van der Waals surface area contributed by atoms with Crippen LogP contribution in [-0.2, 0) is 0 Å². The third kappa shape index (κ3) is 3.13. The Kier molecular flexibility index (Phi) is 5.01. The lowest BCUT2D eigenvalue weighted by molar-refractivity contribution is 0.209. The maximum atomic E-state index is 10.5. The highest BCUT2D eigenvalue weighted by Crippen LogP contribution is 2.35. The fourth-order valence-electron chi connectivity index (χ4n) is 1.82. The molecule has 1 unspecified atom stereocenters. The molecule has 0 aliphatic heterocycles. The lowest BCUT2D eigenvalue weighted by Gasteiger charge is -2.16. The summed E-state index contributed by atoms with van der Waals surface area (Å²) in [4.78, 5) is 4.24. The first kappa shape index (κ1) is 15.3. The van der Waals surface area contributed by atoms with E-state index in [-0.39, 0.29) is 0 Å². The molecule has 106 valence electrons. The molecule has 0 saturated heterocycles. The number of aliphatic hydroxyl groups is 1. The van der Waals surface area contributed by atoms with E-state index in [2.05, 4.69) is 36.8 Å². The van der Waals surface area contributed by atoms with Crippen molar-refractivity contribution in [3.8, 4) is 11.5 Å². The number of benzene rings is 1. The highest BCUT2D eigenvalue weighted by atomic mass is 79.9. The molecule has 0 spiro atoms. The van der Waals surface area contributed by atoms with Crippen molar-refractivity contribution in [1.82, 2.24) is 4.98 Å². The van der Waals surface area contributed by atoms with Gasteiger partial charge in [-0.15, -0.1) is 0 Å². The van der Waals surface area contributed by atoms with Crippen LogP contribution < -0.4 is 9.47 Å². The van der Waals surface area contributed by atoms with E-state index in [1.54, 1.807) is 38.6 Å². The third-order valence-corrected chi connectivity index (χ3v) is 3.90. The molecule has 0 saturated carbocycles. The number of hydrogen-bond donors (Lipinski definition) is 1. The molecule has 0 bridgehead atoms. The molecule has 0 aliphatic rings. The fourth-order valence-corrected chi connectivity index (χ4v) is 3.02. The van der Waals surface area contributed by atoms with Gasteiger partial charge in [-0.2, -0.15) is 0 Å². The molecule has 0 fully saturated rings. The van der Waals surface area contributed by atoms with E-state index in [9.17, 15) is 5.11 Å². The Labute approximate surface area is 134 Å². The average Bonchev–Trinajstić information content (AvgIpc) is 2.46. The summed E-state index contributed by atoms with van der Waals surface area (Å²) in [6.45, 7) is 0. The average molecular weight is 403 g/mol. The molecule has 1 N–H and O–H groups in total. The lowest BCUT2D eigenvalue weighted by Crippen LogP contribution is -2.05. The van der Waals surface area contributed by atoms with Gasteiger partial charge in [0.15, 0.2) is 0 Å². The second kappa shape index (κ2) is 6.56. The van der Waals surface area contributed by atoms with Crippen LogP contribution in [0.2, 0.25) is 0 Å². The lowest BCUT2D eigenvalue weighted by atomic mass is 10.0. The molecule has 1 heterocycles. The van der Waals surface area contributed by atoms with Crippen molar-refractivity contribution >= 4 is 31.9 Å². The van der Waals surface area contributed by atoms with Gasteiger partial charge >= 0.3 is 0 Å². The van der Waals surface area contributed by atoms with Crippen molar-refractivity contribution in [2.24, 2.45) is 0 Å². The van der Waals surface area contributed by atoms with Gasteiger partial charge in [0.2, 0.25) is 0 Å². The van der Waals surface area contributed by atoms with Gasteiger partial charge < -0.3 is 14.6 Å². The zero-order valence-electron chi connectivity index (χ0n) is 10.9. The molecule has 6 heteroatoms. The van der Waals surface area contributed by atoms with E-state index >= 15 is 0 Å². The van der Waals surface area contributed by atoms with E-state index in [1.807, 2.05) is 6.07 Å². The van der Waals surface area contributed by atoms with Gasteiger partial charge in [-0.25, -0.2) is 0 Å². The molecule has 0 amide bonds. The molecular weight excluding hydrogens is 390 g/mol. The normalized spacial score (nSPS) is 12.1. The summed E-state index contributed by atoms with van der Waals surface area (Å²) in [5.41, 5.74) is 1.15. The first-order valence-corrected chi connectivity index (χ1v) is 7.36. The van der Waals surface area contributed by atoms with Crippen LogP contribution in [-0.4, -0.2) is 24.3 Å². The van der Waals surface area contributed by atoms with E-state index in [0.717, 1.165) is 8.95 Å². The molecule has 2 rings (SSSR count). The van der Waals surface area contributed by atoms with Crippen LogP contribution in [0, 0.1) is 0 Å². The van der Waals surface area contributed by atoms with Gasteiger partial charge in [-0.3, -0.25) is 4.98 Å². The Hall–Kier alpha value is -1.11. The maximum absolute atomic E-state index is 10.5. The summed E-state index contributed by atoms with van der Waals surface area (Å²) < 4.78 is 12.0. The number of hydrogen-bond acceptors (Lipinski definition) is 4. The SMILES string of the molecule is COc1ccc(C(O)c2ncc(Br)cc2Br)c(OC)c1. The summed E-state index contributed by atoms with van der Waals surface area (Å²) in [5.74, 6) is 1.22. The predicted molar refractivity (Wildman–Crippen MR) is 83.2 cm³/mol. The van der Waals surface area contributed by atoms with Crippen LogP contribution in [0.4, 0.5) is 0 Å². The predicted octanol–water partition coefficient (Wildman–Crippen LogP) is 3.71. The van der Waals surface area contributed by atoms with Crippen LogP contribution in [0.3, 0.4) is 0 Å². The van der Waals surface area contributed by atoms with Crippen LogP contribution in [0.1, 0.15) is 17.4 Å². The summed E-state index contributed by atoms with van der Waals surface area (Å²) in [5, 5.41) is 10.5. The number of aliphatic hydroxyl groups excluding tert-OH is 1. The van der Waals surface area contributed by atoms with Crippen molar-refractivity contribution < 1.29 is 14.6 Å². The number of methoxy groups -OCH3 is 2. The first-order chi connectivity index (χ1) is 9.56. The fraction of sp³-hybridized carbons (Fsp3) is 0.214. The second-order valence-electron chi connectivity index (χ2n) is 4.03. The first-order valence-electron chi connectivity index (χ1n) is 5.77. The number of ether oxygens (including phenoxy) is 2. The number of halogens is 2. The molecule has 2 aromatic rings. The molecule has 20 heavy (non-hydrogen) atoms. The van der Waals surface area contributed by atoms with E-state index in [0.29, 0.717) is 22.8 Å². The quantitative estimate of drug-likeness (QED) is 0.846. The van der Waals surface area contributed by atoms with E-state index in [1.165, 1.54) is 0 Å². The van der Waals surface area contributed by atoms with Crippen molar-refractivity contribution in [3.63, 3.8) is 0 Å². The molecule has 4 nitrogen and oxygen atoms in total. The Morgan fingerprint density at radius 1 is 1.15 bits per heavy atom. The largest absolute Gasteiger partial charge is 0.497 e. The second-order valence-corrected chi connectivity index (χ2v) is 5.80. The number of aromatic nitrogens is 1. The molecule has 0 radical (unpaired) electrons. The maximum Gasteiger partial charge on any atom is 0.128 e. The molecule has 1 atom stereocenters. The monoisotopic (exact) mass is 401 g/mol. The van der Waals surface area contributed by atoms with Crippen LogP contribution in [0.25, 0.3) is 0 Å². The summed E-state index contributed by atoms with van der Waals surface area (Å²) >= 11 is 6.73. The number of pyridine rings is 1. The summed E-state index contributed by atoms with van der Waals surface area (Å²) in [6, 6.07) is 7.10. The minimum atomic E-state index is -0.890. The van der Waals surface area contributed by atoms with Crippen molar-refractivity contribution in [3.05, 3.63) is 50.7 Å². The Balaban J connectivity index is 2.44. The molecular formula is C14H13Br2NO3. The van der Waals surface area contributed by atoms with Gasteiger partial charge in [0, 0.05) is 26.8 Å². The summed E-state index contributed by atoms with van der Waals surface area (Å²) in [6.07, 6.45) is 0.748. The Morgan fingerprint density at radius 3 is 2.50 bits per heavy atom. The van der Waals surface area contributed by atoms with Crippen molar-refractivity contribution in [2.45, 2.75) is 6.10 Å². The van der Waals surface area contributed by atoms with Crippen molar-refractivity contribution in [2.75, 3.05) is 14.2 Å². The smallest absolute Gasteiger partial charge is 0.128 e. The van der Waals surface area contributed by atoms with Gasteiger partial charge in [0.25, 0.3) is 0 Å². The van der Waals surface area contributed by atoms with E-state index < -0.39 is 6.10 Å². The van der Waals surface area contributed by atoms with Gasteiger partial charge in [-0.05, 0) is 50.1 Å². The topological polar surface area (TPSA) is 51.6 Å². The van der Waals surface area contributed by atoms with Crippen LogP contribution >= 0.6 is 31.9 Å². The zero-order valence-corrected chi connectivity index (χ0v) is 14.1. The minimum absolute atomic E-state index is 0.525. The Morgan fingerprint density at radius 2 is 1.90 bits per heavy atom. The van der Waals surface area contributed by atoms with Crippen LogP contribution in [0.15, 0.2) is 39.4 Å².